The molecule has 1 aromatic heterocycles. The van der Waals surface area contributed by atoms with Gasteiger partial charge in [0.1, 0.15) is 5.75 Å². The first-order valence-corrected chi connectivity index (χ1v) is 7.47. The van der Waals surface area contributed by atoms with Gasteiger partial charge in [0.25, 0.3) is 0 Å². The molecule has 0 aliphatic carbocycles. The molecule has 1 unspecified atom stereocenters. The standard InChI is InChI=1S/C14H16N2O3S/c1-2-19-10-3-4-11-12(6-10)20-14(15-11)16-7-9(8-17)5-13(16)18/h3-4,6,9,17H,2,5,7-8H2,1H3. The average Bonchev–Trinajstić information content (AvgIpc) is 3.01. The van der Waals surface area contributed by atoms with Gasteiger partial charge in [-0.25, -0.2) is 4.98 Å². The van der Waals surface area contributed by atoms with Crippen LogP contribution in [0.25, 0.3) is 10.2 Å². The van der Waals surface area contributed by atoms with Gasteiger partial charge in [0.2, 0.25) is 5.91 Å². The highest BCUT2D eigenvalue weighted by atomic mass is 32.1. The van der Waals surface area contributed by atoms with Crippen LogP contribution < -0.4 is 9.64 Å². The summed E-state index contributed by atoms with van der Waals surface area (Å²) >= 11 is 1.48. The lowest BCUT2D eigenvalue weighted by atomic mass is 10.1. The predicted molar refractivity (Wildman–Crippen MR) is 78.3 cm³/mol. The zero-order valence-corrected chi connectivity index (χ0v) is 12.0. The number of anilines is 1. The molecule has 0 saturated carbocycles. The van der Waals surface area contributed by atoms with Crippen molar-refractivity contribution in [1.29, 1.82) is 0 Å². The highest BCUT2D eigenvalue weighted by Crippen LogP contribution is 2.34. The number of ether oxygens (including phenoxy) is 1. The minimum atomic E-state index is 0.0218. The Morgan fingerprint density at radius 2 is 2.40 bits per heavy atom. The molecule has 2 heterocycles. The van der Waals surface area contributed by atoms with E-state index in [0.717, 1.165) is 16.0 Å². The quantitative estimate of drug-likeness (QED) is 0.936. The average molecular weight is 292 g/mol. The Kier molecular flexibility index (Phi) is 3.58. The number of benzene rings is 1. The van der Waals surface area contributed by atoms with Gasteiger partial charge in [-0.3, -0.25) is 9.69 Å². The number of aliphatic hydroxyl groups excluding tert-OH is 1. The molecule has 0 radical (unpaired) electrons. The third kappa shape index (κ3) is 2.36. The van der Waals surface area contributed by atoms with Gasteiger partial charge in [0, 0.05) is 25.5 Å². The second-order valence-electron chi connectivity index (χ2n) is 4.82. The van der Waals surface area contributed by atoms with Crippen LogP contribution in [0.15, 0.2) is 18.2 Å². The second-order valence-corrected chi connectivity index (χ2v) is 5.83. The summed E-state index contributed by atoms with van der Waals surface area (Å²) in [5.41, 5.74) is 0.869. The Balaban J connectivity index is 1.91. The van der Waals surface area contributed by atoms with Crippen LogP contribution in [0, 0.1) is 5.92 Å². The molecule has 0 bridgehead atoms. The van der Waals surface area contributed by atoms with E-state index in [1.165, 1.54) is 11.3 Å². The monoisotopic (exact) mass is 292 g/mol. The van der Waals surface area contributed by atoms with Crippen LogP contribution in [0.1, 0.15) is 13.3 Å². The Morgan fingerprint density at radius 1 is 1.55 bits per heavy atom. The number of hydrogen-bond donors (Lipinski definition) is 1. The van der Waals surface area contributed by atoms with Crippen LogP contribution in [-0.2, 0) is 4.79 Å². The van der Waals surface area contributed by atoms with Crippen molar-refractivity contribution in [2.45, 2.75) is 13.3 Å². The van der Waals surface area contributed by atoms with E-state index in [9.17, 15) is 9.90 Å². The van der Waals surface area contributed by atoms with Crippen molar-refractivity contribution in [3.63, 3.8) is 0 Å². The summed E-state index contributed by atoms with van der Waals surface area (Å²) in [5, 5.41) is 9.87. The molecule has 20 heavy (non-hydrogen) atoms. The first-order chi connectivity index (χ1) is 9.71. The number of nitrogens with zero attached hydrogens (tertiary/aromatic N) is 2. The summed E-state index contributed by atoms with van der Waals surface area (Å²) in [5.74, 6) is 0.873. The van der Waals surface area contributed by atoms with Crippen LogP contribution in [0.5, 0.6) is 5.75 Å². The number of hydrogen-bond acceptors (Lipinski definition) is 5. The fourth-order valence-electron chi connectivity index (χ4n) is 2.35. The number of carbonyl (C=O) groups is 1. The van der Waals surface area contributed by atoms with Crippen LogP contribution in [-0.4, -0.2) is 35.8 Å². The topological polar surface area (TPSA) is 62.7 Å². The summed E-state index contributed by atoms with van der Waals surface area (Å²) < 4.78 is 6.48. The molecular weight excluding hydrogens is 276 g/mol. The normalized spacial score (nSPS) is 19.0. The molecule has 5 nitrogen and oxygen atoms in total. The van der Waals surface area contributed by atoms with E-state index in [1.54, 1.807) is 4.90 Å². The molecule has 1 amide bonds. The van der Waals surface area contributed by atoms with Crippen molar-refractivity contribution < 1.29 is 14.6 Å². The van der Waals surface area contributed by atoms with E-state index in [4.69, 9.17) is 4.74 Å². The lowest BCUT2D eigenvalue weighted by molar-refractivity contribution is -0.117. The number of fused-ring (bicyclic) bond motifs is 1. The fourth-order valence-corrected chi connectivity index (χ4v) is 3.37. The van der Waals surface area contributed by atoms with E-state index in [2.05, 4.69) is 4.98 Å². The minimum Gasteiger partial charge on any atom is -0.494 e. The summed E-state index contributed by atoms with van der Waals surface area (Å²) in [4.78, 5) is 18.1. The van der Waals surface area contributed by atoms with Crippen molar-refractivity contribution in [2.75, 3.05) is 24.7 Å². The van der Waals surface area contributed by atoms with Gasteiger partial charge in [-0.1, -0.05) is 11.3 Å². The fraction of sp³-hybridized carbons (Fsp3) is 0.429. The molecule has 106 valence electrons. The number of amides is 1. The molecule has 6 heteroatoms. The first kappa shape index (κ1) is 13.3. The molecular formula is C14H16N2O3S. The molecule has 1 N–H and O–H groups in total. The van der Waals surface area contributed by atoms with Gasteiger partial charge in [-0.2, -0.15) is 0 Å². The van der Waals surface area contributed by atoms with Crippen molar-refractivity contribution in [3.8, 4) is 5.75 Å². The molecule has 1 atom stereocenters. The molecule has 1 aliphatic heterocycles. The van der Waals surface area contributed by atoms with E-state index in [-0.39, 0.29) is 18.4 Å². The second kappa shape index (κ2) is 5.38. The summed E-state index contributed by atoms with van der Waals surface area (Å²) in [6.45, 7) is 3.16. The smallest absolute Gasteiger partial charge is 0.229 e. The van der Waals surface area contributed by atoms with Gasteiger partial charge >= 0.3 is 0 Å². The summed E-state index contributed by atoms with van der Waals surface area (Å²) in [6.07, 6.45) is 0.399. The predicted octanol–water partition coefficient (Wildman–Crippen LogP) is 2.04. The van der Waals surface area contributed by atoms with E-state index < -0.39 is 0 Å². The lowest BCUT2D eigenvalue weighted by Gasteiger charge is -2.11. The summed E-state index contributed by atoms with van der Waals surface area (Å²) in [7, 11) is 0. The highest BCUT2D eigenvalue weighted by molar-refractivity contribution is 7.22. The Hall–Kier alpha value is -1.66. The molecule has 1 saturated heterocycles. The minimum absolute atomic E-state index is 0.0218. The van der Waals surface area contributed by atoms with Crippen LogP contribution in [0.3, 0.4) is 0 Å². The third-order valence-corrected chi connectivity index (χ3v) is 4.39. The molecule has 1 aromatic carbocycles. The molecule has 1 fully saturated rings. The Morgan fingerprint density at radius 3 is 3.10 bits per heavy atom. The van der Waals surface area contributed by atoms with Gasteiger partial charge < -0.3 is 9.84 Å². The van der Waals surface area contributed by atoms with Crippen molar-refractivity contribution in [2.24, 2.45) is 5.92 Å². The maximum Gasteiger partial charge on any atom is 0.229 e. The van der Waals surface area contributed by atoms with E-state index in [0.29, 0.717) is 24.7 Å². The number of carbonyl (C=O) groups excluding carboxylic acids is 1. The number of thiazole rings is 1. The van der Waals surface area contributed by atoms with Crippen molar-refractivity contribution in [3.05, 3.63) is 18.2 Å². The Labute approximate surface area is 120 Å². The van der Waals surface area contributed by atoms with Crippen LogP contribution >= 0.6 is 11.3 Å². The Bertz CT molecular complexity index is 640. The zero-order valence-electron chi connectivity index (χ0n) is 11.2. The third-order valence-electron chi connectivity index (χ3n) is 3.35. The van der Waals surface area contributed by atoms with Gasteiger partial charge in [-0.15, -0.1) is 0 Å². The molecule has 3 rings (SSSR count). The largest absolute Gasteiger partial charge is 0.494 e. The number of aromatic nitrogens is 1. The van der Waals surface area contributed by atoms with E-state index in [1.807, 2.05) is 25.1 Å². The van der Waals surface area contributed by atoms with Gasteiger partial charge in [0.05, 0.1) is 16.8 Å². The first-order valence-electron chi connectivity index (χ1n) is 6.66. The van der Waals surface area contributed by atoms with Crippen LogP contribution in [0.4, 0.5) is 5.13 Å². The van der Waals surface area contributed by atoms with Crippen molar-refractivity contribution in [1.82, 2.24) is 4.98 Å². The molecule has 2 aromatic rings. The zero-order chi connectivity index (χ0) is 14.1. The SMILES string of the molecule is CCOc1ccc2nc(N3CC(CO)CC3=O)sc2c1. The van der Waals surface area contributed by atoms with Gasteiger partial charge in [-0.05, 0) is 25.1 Å². The van der Waals surface area contributed by atoms with Crippen LogP contribution in [0.2, 0.25) is 0 Å². The molecule has 1 aliphatic rings. The summed E-state index contributed by atoms with van der Waals surface area (Å²) in [6, 6.07) is 5.74. The number of rotatable bonds is 4. The lowest BCUT2D eigenvalue weighted by Crippen LogP contribution is -2.24. The maximum absolute atomic E-state index is 11.9. The highest BCUT2D eigenvalue weighted by Gasteiger charge is 2.31. The van der Waals surface area contributed by atoms with Gasteiger partial charge in [0.15, 0.2) is 5.13 Å². The number of aliphatic hydroxyl groups is 1. The van der Waals surface area contributed by atoms with E-state index >= 15 is 0 Å². The molecule has 0 spiro atoms. The van der Waals surface area contributed by atoms with Crippen molar-refractivity contribution >= 4 is 32.6 Å². The maximum atomic E-state index is 11.9.